The zero-order chi connectivity index (χ0) is 22.6. The third-order valence-electron chi connectivity index (χ3n) is 6.38. The van der Waals surface area contributed by atoms with Crippen molar-refractivity contribution in [1.29, 1.82) is 0 Å². The highest BCUT2D eigenvalue weighted by Crippen LogP contribution is 2.46. The molecule has 0 spiro atoms. The lowest BCUT2D eigenvalue weighted by Gasteiger charge is -2.27. The van der Waals surface area contributed by atoms with Crippen molar-refractivity contribution >= 4 is 11.0 Å². The number of nitrogens with one attached hydrogen (secondary N) is 1. The Kier molecular flexibility index (Phi) is 4.40. The maximum absolute atomic E-state index is 17.6. The molecule has 1 aliphatic carbocycles. The first kappa shape index (κ1) is 19.8. The smallest absolute Gasteiger partial charge is 0.191 e. The van der Waals surface area contributed by atoms with Gasteiger partial charge in [-0.25, -0.2) is 9.37 Å². The van der Waals surface area contributed by atoms with Crippen molar-refractivity contribution in [2.45, 2.75) is 38.3 Å². The van der Waals surface area contributed by atoms with Gasteiger partial charge in [-0.05, 0) is 56.5 Å². The van der Waals surface area contributed by atoms with Gasteiger partial charge < -0.3 is 9.51 Å². The molecule has 0 bridgehead atoms. The summed E-state index contributed by atoms with van der Waals surface area (Å²) in [6, 6.07) is 10.9. The van der Waals surface area contributed by atoms with Gasteiger partial charge >= 0.3 is 0 Å². The maximum Gasteiger partial charge on any atom is 0.191 e. The summed E-state index contributed by atoms with van der Waals surface area (Å²) in [7, 11) is 0. The van der Waals surface area contributed by atoms with Crippen molar-refractivity contribution in [3.8, 4) is 11.1 Å². The number of nitrogens with zero attached hydrogens (tertiary/aromatic N) is 4. The second kappa shape index (κ2) is 7.33. The highest BCUT2D eigenvalue weighted by Gasteiger charge is 2.40. The fraction of sp³-hybridized carbons (Fsp3) is 0.231. The van der Waals surface area contributed by atoms with Crippen molar-refractivity contribution < 1.29 is 8.91 Å². The first-order valence-corrected chi connectivity index (χ1v) is 11.0. The van der Waals surface area contributed by atoms with Gasteiger partial charge in [0.15, 0.2) is 5.67 Å². The third kappa shape index (κ3) is 3.15. The monoisotopic (exact) mass is 439 g/mol. The number of aryl methyl sites for hydroxylation is 2. The van der Waals surface area contributed by atoms with E-state index in [1.165, 1.54) is 0 Å². The zero-order valence-corrected chi connectivity index (χ0v) is 18.3. The lowest BCUT2D eigenvalue weighted by Crippen LogP contribution is -2.24. The average molecular weight is 439 g/mol. The van der Waals surface area contributed by atoms with E-state index < -0.39 is 5.67 Å². The molecule has 1 aromatic carbocycles. The fourth-order valence-corrected chi connectivity index (χ4v) is 4.60. The molecule has 0 aliphatic heterocycles. The van der Waals surface area contributed by atoms with Crippen molar-refractivity contribution in [2.75, 3.05) is 0 Å². The van der Waals surface area contributed by atoms with E-state index in [2.05, 4.69) is 20.1 Å². The molecule has 4 heterocycles. The lowest BCUT2D eigenvalue weighted by atomic mass is 9.81. The Morgan fingerprint density at radius 2 is 1.73 bits per heavy atom. The molecule has 0 saturated heterocycles. The van der Waals surface area contributed by atoms with Gasteiger partial charge in [-0.3, -0.25) is 9.97 Å². The predicted octanol–water partition coefficient (Wildman–Crippen LogP) is 5.76. The first-order valence-electron chi connectivity index (χ1n) is 11.0. The number of hydrogen-bond acceptors (Lipinski definition) is 5. The van der Waals surface area contributed by atoms with Crippen LogP contribution in [0, 0.1) is 13.8 Å². The Bertz CT molecular complexity index is 1400. The standard InChI is InChI=1S/C26H22FN5O/c1-15-23(16(2)33-32-15)18-11-21(24-22(12-18)30-25(31-24)17-7-8-17)26(27,19-5-3-9-28-13-19)20-6-4-10-29-14-20/h3-6,9-14,17H,7-8H2,1-2H3,(H,30,31). The van der Waals surface area contributed by atoms with E-state index in [0.717, 1.165) is 41.0 Å². The van der Waals surface area contributed by atoms with Gasteiger partial charge in [0.05, 0.1) is 16.7 Å². The zero-order valence-electron chi connectivity index (χ0n) is 18.3. The SMILES string of the molecule is Cc1noc(C)c1-c1cc(C(F)(c2cccnc2)c2cccnc2)c2nc(C3CC3)[nH]c2c1. The number of aromatic nitrogens is 5. The molecular formula is C26H22FN5O. The molecule has 164 valence electrons. The number of aromatic amines is 1. The van der Waals surface area contributed by atoms with Gasteiger partial charge in [0.1, 0.15) is 11.6 Å². The van der Waals surface area contributed by atoms with Crippen LogP contribution in [0.2, 0.25) is 0 Å². The molecule has 1 N–H and O–H groups in total. The van der Waals surface area contributed by atoms with Crippen LogP contribution >= 0.6 is 0 Å². The minimum Gasteiger partial charge on any atom is -0.361 e. The number of halogens is 1. The predicted molar refractivity (Wildman–Crippen MR) is 123 cm³/mol. The Balaban J connectivity index is 1.70. The summed E-state index contributed by atoms with van der Waals surface area (Å²) < 4.78 is 23.0. The van der Waals surface area contributed by atoms with Gasteiger partial charge in [0, 0.05) is 53.0 Å². The van der Waals surface area contributed by atoms with Crippen LogP contribution < -0.4 is 0 Å². The van der Waals surface area contributed by atoms with E-state index in [-0.39, 0.29) is 0 Å². The van der Waals surface area contributed by atoms with Crippen LogP contribution in [0.5, 0.6) is 0 Å². The Morgan fingerprint density at radius 1 is 1.03 bits per heavy atom. The van der Waals surface area contributed by atoms with E-state index in [9.17, 15) is 0 Å². The van der Waals surface area contributed by atoms with Crippen molar-refractivity contribution in [3.63, 3.8) is 0 Å². The Labute approximate surface area is 189 Å². The first-order chi connectivity index (χ1) is 16.1. The van der Waals surface area contributed by atoms with Crippen molar-refractivity contribution in [1.82, 2.24) is 25.1 Å². The van der Waals surface area contributed by atoms with Gasteiger partial charge in [-0.2, -0.15) is 0 Å². The van der Waals surface area contributed by atoms with Crippen LogP contribution in [0.4, 0.5) is 4.39 Å². The number of H-pyrrole nitrogens is 1. The molecule has 1 saturated carbocycles. The van der Waals surface area contributed by atoms with Crippen LogP contribution in [0.1, 0.15) is 52.7 Å². The molecular weight excluding hydrogens is 417 g/mol. The summed E-state index contributed by atoms with van der Waals surface area (Å²) in [6.07, 6.45) is 8.60. The molecule has 6 rings (SSSR count). The number of pyridine rings is 2. The number of benzene rings is 1. The summed E-state index contributed by atoms with van der Waals surface area (Å²) >= 11 is 0. The second-order valence-electron chi connectivity index (χ2n) is 8.66. The highest BCUT2D eigenvalue weighted by molar-refractivity contribution is 5.88. The summed E-state index contributed by atoms with van der Waals surface area (Å²) in [6.45, 7) is 3.76. The van der Waals surface area contributed by atoms with Gasteiger partial charge in [0.25, 0.3) is 0 Å². The fourth-order valence-electron chi connectivity index (χ4n) is 4.60. The molecule has 5 aromatic rings. The number of fused-ring (bicyclic) bond motifs is 1. The second-order valence-corrected chi connectivity index (χ2v) is 8.66. The van der Waals surface area contributed by atoms with Crippen LogP contribution in [0.15, 0.2) is 65.7 Å². The van der Waals surface area contributed by atoms with Crippen LogP contribution in [0.25, 0.3) is 22.2 Å². The molecule has 4 aromatic heterocycles. The maximum atomic E-state index is 17.6. The van der Waals surface area contributed by atoms with Gasteiger partial charge in [0.2, 0.25) is 0 Å². The highest BCUT2D eigenvalue weighted by atomic mass is 19.1. The lowest BCUT2D eigenvalue weighted by molar-refractivity contribution is 0.281. The summed E-state index contributed by atoms with van der Waals surface area (Å²) in [5, 5.41) is 4.11. The normalized spacial score (nSPS) is 14.2. The van der Waals surface area contributed by atoms with Gasteiger partial charge in [-0.15, -0.1) is 0 Å². The Hall–Kier alpha value is -3.87. The summed E-state index contributed by atoms with van der Waals surface area (Å²) in [5.74, 6) is 1.99. The Morgan fingerprint density at radius 3 is 2.27 bits per heavy atom. The quantitative estimate of drug-likeness (QED) is 0.376. The molecule has 1 aliphatic rings. The molecule has 0 amide bonds. The number of hydrogen-bond donors (Lipinski definition) is 1. The molecule has 0 unspecified atom stereocenters. The number of alkyl halides is 1. The molecule has 0 atom stereocenters. The molecule has 6 nitrogen and oxygen atoms in total. The van der Waals surface area contributed by atoms with Crippen LogP contribution in [-0.4, -0.2) is 25.1 Å². The minimum absolute atomic E-state index is 0.401. The number of rotatable bonds is 5. The molecule has 0 radical (unpaired) electrons. The average Bonchev–Trinajstić information content (AvgIpc) is 3.53. The summed E-state index contributed by atoms with van der Waals surface area (Å²) in [4.78, 5) is 16.8. The van der Waals surface area contributed by atoms with E-state index in [4.69, 9.17) is 9.51 Å². The van der Waals surface area contributed by atoms with E-state index in [1.807, 2.05) is 26.0 Å². The molecule has 33 heavy (non-hydrogen) atoms. The topological polar surface area (TPSA) is 80.5 Å². The van der Waals surface area contributed by atoms with Crippen molar-refractivity contribution in [2.24, 2.45) is 0 Å². The van der Waals surface area contributed by atoms with Crippen LogP contribution in [-0.2, 0) is 5.67 Å². The van der Waals surface area contributed by atoms with Crippen LogP contribution in [0.3, 0.4) is 0 Å². The largest absolute Gasteiger partial charge is 0.361 e. The summed E-state index contributed by atoms with van der Waals surface area (Å²) in [5.41, 5.74) is 3.13. The van der Waals surface area contributed by atoms with Crippen molar-refractivity contribution in [3.05, 3.63) is 95.2 Å². The number of imidazole rings is 1. The van der Waals surface area contributed by atoms with E-state index >= 15 is 4.39 Å². The van der Waals surface area contributed by atoms with E-state index in [1.54, 1.807) is 49.1 Å². The van der Waals surface area contributed by atoms with Gasteiger partial charge in [-0.1, -0.05) is 17.3 Å². The third-order valence-corrected chi connectivity index (χ3v) is 6.38. The van der Waals surface area contributed by atoms with E-state index in [0.29, 0.717) is 33.9 Å². The molecule has 1 fully saturated rings. The molecule has 7 heteroatoms. The minimum atomic E-state index is -2.01.